The molecule has 1 N–H and O–H groups in total. The third-order valence-electron chi connectivity index (χ3n) is 5.87. The summed E-state index contributed by atoms with van der Waals surface area (Å²) in [7, 11) is 0. The average molecular weight is 352 g/mol. The van der Waals surface area contributed by atoms with Crippen molar-refractivity contribution in [1.82, 2.24) is 20.0 Å². The molecule has 7 heteroatoms. The molecule has 26 heavy (non-hydrogen) atoms. The molecule has 1 aromatic carbocycles. The normalized spacial score (nSPS) is 27.1. The minimum absolute atomic E-state index is 0.0807. The van der Waals surface area contributed by atoms with Crippen LogP contribution in [0.15, 0.2) is 30.3 Å². The molecule has 5 rings (SSSR count). The molecule has 2 amide bonds. The number of rotatable bonds is 2. The Hall–Kier alpha value is -2.67. The zero-order chi connectivity index (χ0) is 17.9. The second-order valence-corrected chi connectivity index (χ2v) is 7.15. The topological polar surface area (TPSA) is 78.5 Å². The van der Waals surface area contributed by atoms with E-state index in [9.17, 15) is 9.59 Å². The number of nitrogens with one attached hydrogen (secondary N) is 1. The van der Waals surface area contributed by atoms with E-state index in [2.05, 4.69) is 10.2 Å². The zero-order valence-electron chi connectivity index (χ0n) is 14.6. The van der Waals surface area contributed by atoms with Gasteiger partial charge < -0.3 is 14.5 Å². The third kappa shape index (κ3) is 1.94. The van der Waals surface area contributed by atoms with Crippen LogP contribution in [0.5, 0.6) is 0 Å². The number of carbonyl (C=O) groups is 2. The molecule has 4 heterocycles. The number of H-pyrrole nitrogens is 1. The van der Waals surface area contributed by atoms with Gasteiger partial charge in [-0.25, -0.2) is 0 Å². The number of hydrogen-bond donors (Lipinski definition) is 1. The van der Waals surface area contributed by atoms with Crippen molar-refractivity contribution >= 4 is 11.8 Å². The molecule has 0 radical (unpaired) electrons. The fraction of sp³-hybridized carbons (Fsp3) is 0.421. The Kier molecular flexibility index (Phi) is 3.24. The van der Waals surface area contributed by atoms with Crippen LogP contribution >= 0.6 is 0 Å². The predicted molar refractivity (Wildman–Crippen MR) is 93.2 cm³/mol. The van der Waals surface area contributed by atoms with E-state index in [0.29, 0.717) is 43.8 Å². The van der Waals surface area contributed by atoms with E-state index in [0.717, 1.165) is 11.3 Å². The molecule has 2 aromatic rings. The summed E-state index contributed by atoms with van der Waals surface area (Å²) < 4.78 is 5.99. The molecule has 0 unspecified atom stereocenters. The first-order valence-electron chi connectivity index (χ1n) is 8.97. The molecule has 2 atom stereocenters. The standard InChI is InChI=1S/C19H20N4O3/c1-12-16(17(21-20-12)13-5-3-2-4-6-13)18(25)22-8-7-19-14(22)11-15(24)23(19)9-10-26-19/h2-6,14H,7-11H2,1H3,(H,20,21)/t14-,19+/m1/s1. The van der Waals surface area contributed by atoms with Gasteiger partial charge in [-0.1, -0.05) is 30.3 Å². The van der Waals surface area contributed by atoms with Gasteiger partial charge in [0.15, 0.2) is 5.72 Å². The number of amides is 2. The molecule has 134 valence electrons. The fourth-order valence-electron chi connectivity index (χ4n) is 4.67. The molecule has 3 fully saturated rings. The zero-order valence-corrected chi connectivity index (χ0v) is 14.6. The number of benzene rings is 1. The molecule has 0 aliphatic carbocycles. The van der Waals surface area contributed by atoms with Crippen LogP contribution < -0.4 is 0 Å². The van der Waals surface area contributed by atoms with Gasteiger partial charge in [0.25, 0.3) is 5.91 Å². The quantitative estimate of drug-likeness (QED) is 0.890. The van der Waals surface area contributed by atoms with Crippen LogP contribution in [0.25, 0.3) is 11.3 Å². The van der Waals surface area contributed by atoms with E-state index >= 15 is 0 Å². The summed E-state index contributed by atoms with van der Waals surface area (Å²) >= 11 is 0. The minimum Gasteiger partial charge on any atom is -0.351 e. The highest BCUT2D eigenvalue weighted by atomic mass is 16.5. The highest BCUT2D eigenvalue weighted by molar-refractivity contribution is 6.02. The smallest absolute Gasteiger partial charge is 0.258 e. The van der Waals surface area contributed by atoms with Gasteiger partial charge >= 0.3 is 0 Å². The second-order valence-electron chi connectivity index (χ2n) is 7.15. The van der Waals surface area contributed by atoms with Crippen molar-refractivity contribution < 1.29 is 14.3 Å². The average Bonchev–Trinajstić information content (AvgIpc) is 3.37. The lowest BCUT2D eigenvalue weighted by Gasteiger charge is -2.31. The van der Waals surface area contributed by atoms with Crippen LogP contribution in [-0.4, -0.2) is 63.3 Å². The first kappa shape index (κ1) is 15.6. The van der Waals surface area contributed by atoms with Crippen molar-refractivity contribution in [3.8, 4) is 11.3 Å². The van der Waals surface area contributed by atoms with Gasteiger partial charge in [-0.05, 0) is 6.92 Å². The molecular weight excluding hydrogens is 332 g/mol. The van der Waals surface area contributed by atoms with Crippen LogP contribution in [0.4, 0.5) is 0 Å². The lowest BCUT2D eigenvalue weighted by Crippen LogP contribution is -2.48. The number of aryl methyl sites for hydroxylation is 1. The number of aromatic amines is 1. The minimum atomic E-state index is -0.614. The van der Waals surface area contributed by atoms with Crippen LogP contribution in [-0.2, 0) is 9.53 Å². The third-order valence-corrected chi connectivity index (χ3v) is 5.87. The van der Waals surface area contributed by atoms with Crippen molar-refractivity contribution in [1.29, 1.82) is 0 Å². The van der Waals surface area contributed by atoms with Gasteiger partial charge in [0.1, 0.15) is 5.69 Å². The number of hydrogen-bond acceptors (Lipinski definition) is 4. The van der Waals surface area contributed by atoms with E-state index < -0.39 is 5.72 Å². The Morgan fingerprint density at radius 2 is 2.12 bits per heavy atom. The SMILES string of the molecule is Cc1[nH]nc(-c2ccccc2)c1C(=O)N1CC[C@@]23OCCN2C(=O)C[C@@H]13. The van der Waals surface area contributed by atoms with Gasteiger partial charge in [-0.15, -0.1) is 0 Å². The molecule has 0 bridgehead atoms. The van der Waals surface area contributed by atoms with Crippen molar-refractivity contribution in [2.45, 2.75) is 31.5 Å². The Morgan fingerprint density at radius 1 is 1.31 bits per heavy atom. The lowest BCUT2D eigenvalue weighted by molar-refractivity contribution is -0.136. The molecule has 3 aliphatic rings. The van der Waals surface area contributed by atoms with E-state index in [1.54, 1.807) is 0 Å². The van der Waals surface area contributed by atoms with E-state index in [-0.39, 0.29) is 17.9 Å². The van der Waals surface area contributed by atoms with Crippen molar-refractivity contribution in [2.24, 2.45) is 0 Å². The maximum absolute atomic E-state index is 13.4. The lowest BCUT2D eigenvalue weighted by atomic mass is 10.0. The van der Waals surface area contributed by atoms with Crippen LogP contribution in [0.1, 0.15) is 28.9 Å². The Bertz CT molecular complexity index is 893. The number of likely N-dealkylation sites (tertiary alicyclic amines) is 1. The largest absolute Gasteiger partial charge is 0.351 e. The molecule has 3 aliphatic heterocycles. The molecule has 3 saturated heterocycles. The number of aromatic nitrogens is 2. The van der Waals surface area contributed by atoms with Crippen LogP contribution in [0, 0.1) is 6.92 Å². The summed E-state index contributed by atoms with van der Waals surface area (Å²) in [4.78, 5) is 29.4. The molecule has 1 aromatic heterocycles. The summed E-state index contributed by atoms with van der Waals surface area (Å²) in [5, 5.41) is 7.31. The molecule has 0 saturated carbocycles. The van der Waals surface area contributed by atoms with Gasteiger partial charge in [-0.3, -0.25) is 14.7 Å². The Labute approximate surface area is 150 Å². The summed E-state index contributed by atoms with van der Waals surface area (Å²) in [6.07, 6.45) is 1.01. The summed E-state index contributed by atoms with van der Waals surface area (Å²) in [5.74, 6) is -0.000624. The van der Waals surface area contributed by atoms with Crippen LogP contribution in [0.3, 0.4) is 0 Å². The molecule has 1 spiro atoms. The highest BCUT2D eigenvalue weighted by Gasteiger charge is 2.63. The first-order valence-corrected chi connectivity index (χ1v) is 8.97. The van der Waals surface area contributed by atoms with Gasteiger partial charge in [0.2, 0.25) is 5.91 Å². The number of carbonyl (C=O) groups excluding carboxylic acids is 2. The first-order chi connectivity index (χ1) is 12.6. The number of nitrogens with zero attached hydrogens (tertiary/aromatic N) is 3. The monoisotopic (exact) mass is 352 g/mol. The van der Waals surface area contributed by atoms with E-state index in [4.69, 9.17) is 4.74 Å². The van der Waals surface area contributed by atoms with Gasteiger partial charge in [-0.2, -0.15) is 5.10 Å². The maximum atomic E-state index is 13.4. The second kappa shape index (κ2) is 5.41. The van der Waals surface area contributed by atoms with Crippen molar-refractivity contribution in [3.05, 3.63) is 41.6 Å². The fourth-order valence-corrected chi connectivity index (χ4v) is 4.67. The predicted octanol–water partition coefficient (Wildman–Crippen LogP) is 1.56. The maximum Gasteiger partial charge on any atom is 0.258 e. The van der Waals surface area contributed by atoms with Crippen molar-refractivity contribution in [3.63, 3.8) is 0 Å². The summed E-state index contributed by atoms with van der Waals surface area (Å²) in [6.45, 7) is 3.62. The van der Waals surface area contributed by atoms with Crippen molar-refractivity contribution in [2.75, 3.05) is 19.7 Å². The van der Waals surface area contributed by atoms with Gasteiger partial charge in [0.05, 0.1) is 24.6 Å². The Morgan fingerprint density at radius 3 is 2.92 bits per heavy atom. The van der Waals surface area contributed by atoms with Gasteiger partial charge in [0, 0.05) is 30.8 Å². The highest BCUT2D eigenvalue weighted by Crippen LogP contribution is 2.46. The summed E-state index contributed by atoms with van der Waals surface area (Å²) in [6, 6.07) is 9.46. The molecular formula is C19H20N4O3. The Balaban J connectivity index is 1.53. The summed E-state index contributed by atoms with van der Waals surface area (Å²) in [5.41, 5.74) is 2.26. The van der Waals surface area contributed by atoms with E-state index in [1.807, 2.05) is 47.1 Å². The number of ether oxygens (including phenoxy) is 1. The van der Waals surface area contributed by atoms with E-state index in [1.165, 1.54) is 0 Å². The van der Waals surface area contributed by atoms with Crippen LogP contribution in [0.2, 0.25) is 0 Å². The molecule has 7 nitrogen and oxygen atoms in total.